The molecule has 3 nitrogen and oxygen atoms in total. The van der Waals surface area contributed by atoms with Gasteiger partial charge in [0.2, 0.25) is 5.91 Å². The van der Waals surface area contributed by atoms with Gasteiger partial charge in [0.1, 0.15) is 5.82 Å². The van der Waals surface area contributed by atoms with Crippen molar-refractivity contribution in [2.45, 2.75) is 6.92 Å². The first-order valence-corrected chi connectivity index (χ1v) is 6.61. The van der Waals surface area contributed by atoms with Crippen LogP contribution in [-0.2, 0) is 4.79 Å². The minimum Gasteiger partial charge on any atom is -0.307 e. The molecule has 1 N–H and O–H groups in total. The topological polar surface area (TPSA) is 42.0 Å². The Morgan fingerprint density at radius 2 is 2.05 bits per heavy atom. The Bertz CT molecular complexity index is 606. The molecule has 19 heavy (non-hydrogen) atoms. The van der Waals surface area contributed by atoms with E-state index in [1.165, 1.54) is 6.08 Å². The highest BCUT2D eigenvalue weighted by Gasteiger charge is 1.99. The van der Waals surface area contributed by atoms with Gasteiger partial charge in [-0.3, -0.25) is 4.79 Å². The van der Waals surface area contributed by atoms with Crippen molar-refractivity contribution in [1.29, 1.82) is 0 Å². The molecule has 96 valence electrons. The lowest BCUT2D eigenvalue weighted by Crippen LogP contribution is -2.08. The summed E-state index contributed by atoms with van der Waals surface area (Å²) in [6.07, 6.45) is 4.96. The quantitative estimate of drug-likeness (QED) is 0.875. The molecule has 1 aromatic carbocycles. The molecule has 4 heteroatoms. The summed E-state index contributed by atoms with van der Waals surface area (Å²) in [7, 11) is 0. The monoisotopic (exact) mass is 316 g/mol. The number of aromatic nitrogens is 1. The lowest BCUT2D eigenvalue weighted by molar-refractivity contribution is -0.111. The maximum absolute atomic E-state index is 11.7. The normalized spacial score (nSPS) is 10.6. The van der Waals surface area contributed by atoms with Crippen LogP contribution in [0.3, 0.4) is 0 Å². The summed E-state index contributed by atoms with van der Waals surface area (Å²) >= 11 is 3.43. The maximum atomic E-state index is 11.7. The van der Waals surface area contributed by atoms with Crippen molar-refractivity contribution in [3.05, 3.63) is 64.3 Å². The van der Waals surface area contributed by atoms with Gasteiger partial charge in [-0.2, -0.15) is 0 Å². The summed E-state index contributed by atoms with van der Waals surface area (Å²) in [6.45, 7) is 1.95. The van der Waals surface area contributed by atoms with Crippen LogP contribution in [0.25, 0.3) is 6.08 Å². The number of pyridine rings is 1. The van der Waals surface area contributed by atoms with Gasteiger partial charge in [0.05, 0.1) is 0 Å². The number of anilines is 1. The first-order chi connectivity index (χ1) is 9.15. The van der Waals surface area contributed by atoms with E-state index in [9.17, 15) is 4.79 Å². The summed E-state index contributed by atoms with van der Waals surface area (Å²) in [5.41, 5.74) is 2.01. The molecule has 1 amide bonds. The van der Waals surface area contributed by atoms with E-state index in [0.717, 1.165) is 15.6 Å². The third kappa shape index (κ3) is 4.03. The van der Waals surface area contributed by atoms with Gasteiger partial charge in [0.25, 0.3) is 0 Å². The molecule has 0 atom stereocenters. The first-order valence-electron chi connectivity index (χ1n) is 5.81. The van der Waals surface area contributed by atoms with Crippen molar-refractivity contribution < 1.29 is 4.79 Å². The predicted octanol–water partition coefficient (Wildman–Crippen LogP) is 3.80. The number of aryl methyl sites for hydroxylation is 1. The van der Waals surface area contributed by atoms with E-state index in [-0.39, 0.29) is 5.91 Å². The zero-order valence-electron chi connectivity index (χ0n) is 10.4. The first kappa shape index (κ1) is 13.5. The highest BCUT2D eigenvalue weighted by Crippen LogP contribution is 2.17. The van der Waals surface area contributed by atoms with E-state index in [0.29, 0.717) is 5.82 Å². The fourth-order valence-corrected chi connectivity index (χ4v) is 1.90. The molecule has 0 spiro atoms. The van der Waals surface area contributed by atoms with Crippen molar-refractivity contribution in [3.8, 4) is 0 Å². The van der Waals surface area contributed by atoms with E-state index in [2.05, 4.69) is 26.2 Å². The molecule has 0 aliphatic heterocycles. The number of carbonyl (C=O) groups is 1. The Morgan fingerprint density at radius 1 is 1.26 bits per heavy atom. The second kappa shape index (κ2) is 6.29. The van der Waals surface area contributed by atoms with Crippen LogP contribution in [0, 0.1) is 6.92 Å². The second-order valence-electron chi connectivity index (χ2n) is 4.06. The third-order valence-corrected chi connectivity index (χ3v) is 3.20. The Labute approximate surface area is 120 Å². The van der Waals surface area contributed by atoms with Crippen LogP contribution < -0.4 is 5.32 Å². The summed E-state index contributed by atoms with van der Waals surface area (Å²) in [4.78, 5) is 15.8. The number of hydrogen-bond acceptors (Lipinski definition) is 2. The summed E-state index contributed by atoms with van der Waals surface area (Å²) < 4.78 is 0.951. The zero-order chi connectivity index (χ0) is 13.7. The summed E-state index contributed by atoms with van der Waals surface area (Å²) in [5, 5.41) is 2.71. The number of nitrogens with zero attached hydrogens (tertiary/aromatic N) is 1. The smallest absolute Gasteiger partial charge is 0.249 e. The molecule has 0 unspecified atom stereocenters. The van der Waals surface area contributed by atoms with Gasteiger partial charge in [-0.15, -0.1) is 0 Å². The van der Waals surface area contributed by atoms with E-state index in [1.54, 1.807) is 18.3 Å². The van der Waals surface area contributed by atoms with Crippen LogP contribution in [0.2, 0.25) is 0 Å². The van der Waals surface area contributed by atoms with Crippen LogP contribution in [0.15, 0.2) is 53.1 Å². The average Bonchev–Trinajstić information content (AvgIpc) is 2.40. The van der Waals surface area contributed by atoms with E-state index < -0.39 is 0 Å². The molecule has 0 aliphatic carbocycles. The molecule has 0 saturated heterocycles. The van der Waals surface area contributed by atoms with E-state index in [4.69, 9.17) is 0 Å². The molecule has 1 aromatic heterocycles. The van der Waals surface area contributed by atoms with Crippen molar-refractivity contribution in [2.75, 3.05) is 5.32 Å². The SMILES string of the molecule is Cc1ccc(NC(=O)/C=C/c2ccccc2Br)nc1. The van der Waals surface area contributed by atoms with E-state index in [1.807, 2.05) is 37.3 Å². The lowest BCUT2D eigenvalue weighted by Gasteiger charge is -2.01. The molecule has 1 heterocycles. The minimum atomic E-state index is -0.202. The minimum absolute atomic E-state index is 0.202. The van der Waals surface area contributed by atoms with Crippen molar-refractivity contribution in [1.82, 2.24) is 4.98 Å². The molecule has 0 fully saturated rings. The summed E-state index contributed by atoms with van der Waals surface area (Å²) in [5.74, 6) is 0.347. The van der Waals surface area contributed by atoms with Crippen LogP contribution in [0.1, 0.15) is 11.1 Å². The van der Waals surface area contributed by atoms with Gasteiger partial charge in [0, 0.05) is 16.7 Å². The zero-order valence-corrected chi connectivity index (χ0v) is 12.0. The van der Waals surface area contributed by atoms with Gasteiger partial charge in [-0.05, 0) is 36.3 Å². The highest BCUT2D eigenvalue weighted by atomic mass is 79.9. The second-order valence-corrected chi connectivity index (χ2v) is 4.92. The number of halogens is 1. The Kier molecular flexibility index (Phi) is 4.47. The summed E-state index contributed by atoms with van der Waals surface area (Å²) in [6, 6.07) is 11.4. The van der Waals surface area contributed by atoms with Gasteiger partial charge < -0.3 is 5.32 Å². The Morgan fingerprint density at radius 3 is 2.74 bits per heavy atom. The van der Waals surface area contributed by atoms with E-state index >= 15 is 0 Å². The molecular weight excluding hydrogens is 304 g/mol. The van der Waals surface area contributed by atoms with Gasteiger partial charge in [-0.25, -0.2) is 4.98 Å². The van der Waals surface area contributed by atoms with Crippen LogP contribution in [0.4, 0.5) is 5.82 Å². The number of amides is 1. The predicted molar refractivity (Wildman–Crippen MR) is 80.8 cm³/mol. The fourth-order valence-electron chi connectivity index (χ4n) is 1.49. The van der Waals surface area contributed by atoms with Crippen molar-refractivity contribution in [3.63, 3.8) is 0 Å². The van der Waals surface area contributed by atoms with Crippen LogP contribution >= 0.6 is 15.9 Å². The standard InChI is InChI=1S/C15H13BrN2O/c1-11-6-8-14(17-10-11)18-15(19)9-7-12-4-2-3-5-13(12)16/h2-10H,1H3,(H,17,18,19)/b9-7+. The van der Waals surface area contributed by atoms with Crippen molar-refractivity contribution >= 4 is 33.7 Å². The van der Waals surface area contributed by atoms with Crippen molar-refractivity contribution in [2.24, 2.45) is 0 Å². The number of benzene rings is 1. The Hall–Kier alpha value is -1.94. The lowest BCUT2D eigenvalue weighted by atomic mass is 10.2. The fraction of sp³-hybridized carbons (Fsp3) is 0.0667. The van der Waals surface area contributed by atoms with Crippen LogP contribution in [0.5, 0.6) is 0 Å². The number of hydrogen-bond donors (Lipinski definition) is 1. The number of carbonyl (C=O) groups excluding carboxylic acids is 1. The van der Waals surface area contributed by atoms with Gasteiger partial charge >= 0.3 is 0 Å². The molecule has 0 aliphatic rings. The number of rotatable bonds is 3. The Balaban J connectivity index is 2.02. The average molecular weight is 317 g/mol. The van der Waals surface area contributed by atoms with Gasteiger partial charge in [0.15, 0.2) is 0 Å². The molecule has 0 bridgehead atoms. The third-order valence-electron chi connectivity index (χ3n) is 2.48. The van der Waals surface area contributed by atoms with Gasteiger partial charge in [-0.1, -0.05) is 40.2 Å². The van der Waals surface area contributed by atoms with Crippen LogP contribution in [-0.4, -0.2) is 10.9 Å². The molecular formula is C15H13BrN2O. The maximum Gasteiger partial charge on any atom is 0.249 e. The number of nitrogens with one attached hydrogen (secondary N) is 1. The largest absolute Gasteiger partial charge is 0.307 e. The molecule has 0 saturated carbocycles. The molecule has 0 radical (unpaired) electrons. The molecule has 2 rings (SSSR count). The molecule has 2 aromatic rings. The highest BCUT2D eigenvalue weighted by molar-refractivity contribution is 9.10.